The van der Waals surface area contributed by atoms with E-state index >= 15 is 0 Å². The predicted octanol–water partition coefficient (Wildman–Crippen LogP) is 7.27. The second-order valence-electron chi connectivity index (χ2n) is 15.6. The van der Waals surface area contributed by atoms with Crippen molar-refractivity contribution >= 4 is 14.4 Å². The summed E-state index contributed by atoms with van der Waals surface area (Å²) < 4.78 is 20.8. The quantitative estimate of drug-likeness (QED) is 0.228. The van der Waals surface area contributed by atoms with Crippen LogP contribution in [0.1, 0.15) is 117 Å². The van der Waals surface area contributed by atoms with Crippen LogP contribution in [0.2, 0.25) is 18.1 Å². The van der Waals surface area contributed by atoms with E-state index in [2.05, 4.69) is 63.9 Å². The average Bonchev–Trinajstić information content (AvgIpc) is 3.28. The molecule has 236 valence electrons. The Balaban J connectivity index is 1.70. The Kier molecular flexibility index (Phi) is 11.2. The molecule has 0 aromatic carbocycles. The van der Waals surface area contributed by atoms with Crippen molar-refractivity contribution in [1.29, 1.82) is 0 Å². The highest BCUT2D eigenvalue weighted by molar-refractivity contribution is 6.74. The van der Waals surface area contributed by atoms with Gasteiger partial charge < -0.3 is 24.1 Å². The highest BCUT2D eigenvalue weighted by Gasteiger charge is 2.46. The van der Waals surface area contributed by atoms with Crippen molar-refractivity contribution in [3.05, 3.63) is 17.5 Å². The third kappa shape index (κ3) is 9.53. The molecule has 41 heavy (non-hydrogen) atoms. The molecule has 1 amide bonds. The number of hydrogen-bond acceptors (Lipinski definition) is 6. The number of aromatic nitrogens is 2. The number of ether oxygens (including phenoxy) is 2. The molecule has 1 aliphatic heterocycles. The molecule has 1 saturated heterocycles. The molecule has 3 atom stereocenters. The lowest BCUT2D eigenvalue weighted by Gasteiger charge is -2.48. The number of carbonyl (C=O) groups is 1. The summed E-state index contributed by atoms with van der Waals surface area (Å²) in [6, 6.07) is 0. The molecule has 3 rings (SSSR count). The fourth-order valence-corrected chi connectivity index (χ4v) is 6.96. The van der Waals surface area contributed by atoms with E-state index in [1.165, 1.54) is 17.7 Å². The van der Waals surface area contributed by atoms with Gasteiger partial charge in [-0.3, -0.25) is 0 Å². The Morgan fingerprint density at radius 2 is 1.88 bits per heavy atom. The second-order valence-corrected chi connectivity index (χ2v) is 20.3. The van der Waals surface area contributed by atoms with Crippen molar-refractivity contribution in [1.82, 2.24) is 20.0 Å². The zero-order chi connectivity index (χ0) is 30.6. The molecule has 2 aliphatic rings. The summed E-state index contributed by atoms with van der Waals surface area (Å²) in [5.41, 5.74) is 2.21. The van der Waals surface area contributed by atoms with Gasteiger partial charge in [-0.1, -0.05) is 34.6 Å². The average molecular weight is 593 g/mol. The van der Waals surface area contributed by atoms with Crippen molar-refractivity contribution in [2.75, 3.05) is 33.3 Å². The van der Waals surface area contributed by atoms with Gasteiger partial charge in [-0.25, -0.2) is 9.48 Å². The smallest absolute Gasteiger partial charge is 0.410 e. The number of nitrogens with one attached hydrogen (secondary N) is 1. The molecule has 1 saturated carbocycles. The Morgan fingerprint density at radius 3 is 2.49 bits per heavy atom. The van der Waals surface area contributed by atoms with Crippen molar-refractivity contribution in [3.8, 4) is 0 Å². The molecule has 0 spiro atoms. The third-order valence-electron chi connectivity index (χ3n) is 9.33. The maximum Gasteiger partial charge on any atom is 0.410 e. The number of carbonyl (C=O) groups excluding carboxylic acids is 1. The molecule has 0 bridgehead atoms. The van der Waals surface area contributed by atoms with Crippen LogP contribution >= 0.6 is 0 Å². The van der Waals surface area contributed by atoms with E-state index in [0.717, 1.165) is 51.7 Å². The molecule has 1 aromatic rings. The van der Waals surface area contributed by atoms with E-state index in [4.69, 9.17) is 19.0 Å². The molecule has 1 aliphatic carbocycles. The van der Waals surface area contributed by atoms with E-state index in [9.17, 15) is 4.79 Å². The fourth-order valence-electron chi connectivity index (χ4n) is 5.48. The van der Waals surface area contributed by atoms with Gasteiger partial charge in [0, 0.05) is 38.9 Å². The summed E-state index contributed by atoms with van der Waals surface area (Å²) >= 11 is 0. The van der Waals surface area contributed by atoms with Gasteiger partial charge in [0.05, 0.1) is 11.8 Å². The number of rotatable bonds is 10. The fraction of sp³-hybridized carbons (Fsp3) is 0.875. The van der Waals surface area contributed by atoms with Gasteiger partial charge in [-0.2, -0.15) is 5.10 Å². The first-order valence-corrected chi connectivity index (χ1v) is 18.8. The first kappa shape index (κ1) is 34.1. The van der Waals surface area contributed by atoms with Crippen molar-refractivity contribution < 1.29 is 18.7 Å². The van der Waals surface area contributed by atoms with Crippen molar-refractivity contribution in [2.45, 2.75) is 142 Å². The summed E-state index contributed by atoms with van der Waals surface area (Å²) in [6.45, 7) is 25.1. The first-order valence-electron chi connectivity index (χ1n) is 15.9. The molecular weight excluding hydrogens is 532 g/mol. The predicted molar refractivity (Wildman–Crippen MR) is 169 cm³/mol. The maximum absolute atomic E-state index is 12.3. The summed E-state index contributed by atoms with van der Waals surface area (Å²) in [6.07, 6.45) is 9.73. The molecule has 8 nitrogen and oxygen atoms in total. The van der Waals surface area contributed by atoms with Crippen molar-refractivity contribution in [3.63, 3.8) is 0 Å². The summed E-state index contributed by atoms with van der Waals surface area (Å²) in [5.74, 6) is 0.385. The van der Waals surface area contributed by atoms with E-state index in [1.807, 2.05) is 20.8 Å². The van der Waals surface area contributed by atoms with Crippen LogP contribution in [0.3, 0.4) is 0 Å². The molecule has 9 heteroatoms. The Labute approximate surface area is 251 Å². The van der Waals surface area contributed by atoms with E-state index in [0.29, 0.717) is 19.0 Å². The third-order valence-corrected chi connectivity index (χ3v) is 13.8. The minimum absolute atomic E-state index is 0.0333. The van der Waals surface area contributed by atoms with Gasteiger partial charge in [0.15, 0.2) is 8.32 Å². The lowest BCUT2D eigenvalue weighted by atomic mass is 9.69. The largest absolute Gasteiger partial charge is 0.444 e. The van der Waals surface area contributed by atoms with Gasteiger partial charge in [0.1, 0.15) is 11.8 Å². The van der Waals surface area contributed by atoms with E-state index < -0.39 is 13.9 Å². The molecule has 1 aromatic heterocycles. The molecule has 0 radical (unpaired) electrons. The number of hydrogen-bond donors (Lipinski definition) is 1. The number of likely N-dealkylation sites (N-methyl/N-ethyl adjacent to an activating group) is 1. The summed E-state index contributed by atoms with van der Waals surface area (Å²) in [7, 11) is -0.114. The van der Waals surface area contributed by atoms with Crippen LogP contribution < -0.4 is 5.32 Å². The van der Waals surface area contributed by atoms with Gasteiger partial charge in [-0.15, -0.1) is 0 Å². The Hall–Kier alpha value is -1.42. The van der Waals surface area contributed by atoms with Crippen LogP contribution in [0.4, 0.5) is 4.79 Å². The van der Waals surface area contributed by atoms with Crippen LogP contribution in [0.15, 0.2) is 6.20 Å². The highest BCUT2D eigenvalue weighted by Crippen LogP contribution is 2.48. The highest BCUT2D eigenvalue weighted by atomic mass is 28.4. The SMILES string of the molecule is CN(CCNCCc1cn(C2CCCCO2)nc1[C@@H]1CCC(C)(C)[C@H](O[Si](C)(C)C(C)(C)C)C1)C(=O)OC(C)(C)C. The van der Waals surface area contributed by atoms with Crippen LogP contribution in [0.5, 0.6) is 0 Å². The van der Waals surface area contributed by atoms with Crippen LogP contribution in [-0.2, 0) is 20.3 Å². The maximum atomic E-state index is 12.3. The van der Waals surface area contributed by atoms with Crippen molar-refractivity contribution in [2.24, 2.45) is 5.41 Å². The van der Waals surface area contributed by atoms with E-state index in [-0.39, 0.29) is 28.9 Å². The molecule has 2 fully saturated rings. The standard InChI is InChI=1S/C32H60N4O4Si/c1-30(2,3)39-29(37)35(9)20-19-33-18-16-25-23-36(27-14-12-13-21-38-27)34-28(25)24-15-17-32(7,8)26(22-24)40-41(10,11)31(4,5)6/h23-24,26-27,33H,12-22H2,1-11H3/t24-,26-,27?/m1/s1. The molecule has 2 heterocycles. The normalized spacial score (nSPS) is 23.8. The second kappa shape index (κ2) is 13.5. The molecule has 1 N–H and O–H groups in total. The minimum atomic E-state index is -1.90. The number of nitrogens with zero attached hydrogens (tertiary/aromatic N) is 3. The van der Waals surface area contributed by atoms with Gasteiger partial charge >= 0.3 is 6.09 Å². The molecular formula is C32H60N4O4Si. The van der Waals surface area contributed by atoms with Gasteiger partial charge in [0.25, 0.3) is 0 Å². The van der Waals surface area contributed by atoms with Gasteiger partial charge in [-0.05, 0) is 101 Å². The summed E-state index contributed by atoms with van der Waals surface area (Å²) in [4.78, 5) is 13.9. The van der Waals surface area contributed by atoms with Crippen LogP contribution in [0, 0.1) is 5.41 Å². The lowest BCUT2D eigenvalue weighted by molar-refractivity contribution is -0.0400. The van der Waals surface area contributed by atoms with E-state index in [1.54, 1.807) is 11.9 Å². The number of amides is 1. The van der Waals surface area contributed by atoms with Crippen LogP contribution in [-0.4, -0.2) is 74.1 Å². The lowest BCUT2D eigenvalue weighted by Crippen LogP contribution is -2.49. The first-order chi connectivity index (χ1) is 18.9. The Morgan fingerprint density at radius 1 is 1.17 bits per heavy atom. The molecule has 1 unspecified atom stereocenters. The summed E-state index contributed by atoms with van der Waals surface area (Å²) in [5, 5.41) is 8.94. The van der Waals surface area contributed by atoms with Gasteiger partial charge in [0.2, 0.25) is 0 Å². The topological polar surface area (TPSA) is 77.9 Å². The minimum Gasteiger partial charge on any atom is -0.444 e. The zero-order valence-electron chi connectivity index (χ0n) is 28.1. The zero-order valence-corrected chi connectivity index (χ0v) is 29.1. The Bertz CT molecular complexity index is 989. The van der Waals surface area contributed by atoms with Crippen LogP contribution in [0.25, 0.3) is 0 Å². The monoisotopic (exact) mass is 592 g/mol.